The minimum atomic E-state index is -0.526. The summed E-state index contributed by atoms with van der Waals surface area (Å²) in [5.41, 5.74) is 2.22. The standard InChI is InChI=1S/C20H21N5O3S/c1-13(2)14-8-10-15(11-9-14)19-22-23-20(24(19)3)29-12-18(26)21-16-6-4-5-7-17(16)25(27)28/h4-11,13H,12H2,1-3H3,(H,21,26). The Bertz CT molecular complexity index is 1030. The SMILES string of the molecule is CC(C)c1ccc(-c2nnc(SCC(=O)Nc3ccccc3[N+](=O)[O-])n2C)cc1. The van der Waals surface area contributed by atoms with Crippen molar-refractivity contribution in [3.05, 3.63) is 64.2 Å². The van der Waals surface area contributed by atoms with Gasteiger partial charge in [0.25, 0.3) is 5.69 Å². The zero-order valence-corrected chi connectivity index (χ0v) is 17.1. The smallest absolute Gasteiger partial charge is 0.292 e. The Morgan fingerprint density at radius 2 is 1.86 bits per heavy atom. The number of para-hydroxylation sites is 2. The monoisotopic (exact) mass is 411 g/mol. The van der Waals surface area contributed by atoms with Crippen LogP contribution in [-0.2, 0) is 11.8 Å². The van der Waals surface area contributed by atoms with Crippen molar-refractivity contribution in [2.75, 3.05) is 11.1 Å². The van der Waals surface area contributed by atoms with Crippen molar-refractivity contribution in [2.24, 2.45) is 7.05 Å². The van der Waals surface area contributed by atoms with E-state index in [1.165, 1.54) is 29.5 Å². The van der Waals surface area contributed by atoms with Gasteiger partial charge < -0.3 is 9.88 Å². The molecular weight excluding hydrogens is 390 g/mol. The molecule has 0 saturated heterocycles. The summed E-state index contributed by atoms with van der Waals surface area (Å²) in [7, 11) is 1.84. The second-order valence-electron chi connectivity index (χ2n) is 6.75. The molecular formula is C20H21N5O3S. The fourth-order valence-corrected chi connectivity index (χ4v) is 3.48. The molecule has 0 saturated carbocycles. The van der Waals surface area contributed by atoms with Crippen LogP contribution < -0.4 is 5.32 Å². The first-order valence-corrected chi connectivity index (χ1v) is 10.0. The van der Waals surface area contributed by atoms with Gasteiger partial charge in [0.05, 0.1) is 10.7 Å². The van der Waals surface area contributed by atoms with Crippen LogP contribution in [0.5, 0.6) is 0 Å². The first-order valence-electron chi connectivity index (χ1n) is 9.02. The third kappa shape index (κ3) is 4.80. The van der Waals surface area contributed by atoms with Crippen LogP contribution >= 0.6 is 11.8 Å². The molecule has 2 aromatic carbocycles. The van der Waals surface area contributed by atoms with Crippen molar-refractivity contribution in [1.82, 2.24) is 14.8 Å². The minimum Gasteiger partial charge on any atom is -0.320 e. The highest BCUT2D eigenvalue weighted by atomic mass is 32.2. The molecule has 1 N–H and O–H groups in total. The maximum Gasteiger partial charge on any atom is 0.292 e. The predicted molar refractivity (Wildman–Crippen MR) is 113 cm³/mol. The molecule has 0 unspecified atom stereocenters. The molecule has 0 bridgehead atoms. The molecule has 1 heterocycles. The van der Waals surface area contributed by atoms with Gasteiger partial charge in [0.1, 0.15) is 5.69 Å². The summed E-state index contributed by atoms with van der Waals surface area (Å²) in [5.74, 6) is 0.871. The fraction of sp³-hybridized carbons (Fsp3) is 0.250. The molecule has 1 amide bonds. The van der Waals surface area contributed by atoms with Crippen molar-refractivity contribution in [3.8, 4) is 11.4 Å². The number of aromatic nitrogens is 3. The summed E-state index contributed by atoms with van der Waals surface area (Å²) in [6.45, 7) is 4.28. The second-order valence-corrected chi connectivity index (χ2v) is 7.70. The highest BCUT2D eigenvalue weighted by molar-refractivity contribution is 7.99. The largest absolute Gasteiger partial charge is 0.320 e. The van der Waals surface area contributed by atoms with Crippen LogP contribution in [0.3, 0.4) is 0 Å². The van der Waals surface area contributed by atoms with Crippen molar-refractivity contribution in [1.29, 1.82) is 0 Å². The maximum atomic E-state index is 12.2. The van der Waals surface area contributed by atoms with Crippen LogP contribution in [0.2, 0.25) is 0 Å². The van der Waals surface area contributed by atoms with E-state index in [1.54, 1.807) is 12.1 Å². The van der Waals surface area contributed by atoms with Crippen LogP contribution in [0.25, 0.3) is 11.4 Å². The van der Waals surface area contributed by atoms with Gasteiger partial charge in [0.15, 0.2) is 11.0 Å². The molecule has 1 aromatic heterocycles. The average Bonchev–Trinajstić information content (AvgIpc) is 3.07. The van der Waals surface area contributed by atoms with Crippen molar-refractivity contribution >= 4 is 29.0 Å². The summed E-state index contributed by atoms with van der Waals surface area (Å²) in [4.78, 5) is 22.8. The lowest BCUT2D eigenvalue weighted by Crippen LogP contribution is -2.15. The van der Waals surface area contributed by atoms with Crippen molar-refractivity contribution in [3.63, 3.8) is 0 Å². The van der Waals surface area contributed by atoms with Crippen LogP contribution in [0.4, 0.5) is 11.4 Å². The van der Waals surface area contributed by atoms with E-state index >= 15 is 0 Å². The molecule has 3 aromatic rings. The van der Waals surface area contributed by atoms with Crippen molar-refractivity contribution in [2.45, 2.75) is 24.9 Å². The van der Waals surface area contributed by atoms with Gasteiger partial charge in [-0.1, -0.05) is 62.0 Å². The van der Waals surface area contributed by atoms with Crippen LogP contribution in [0.15, 0.2) is 53.7 Å². The lowest BCUT2D eigenvalue weighted by Gasteiger charge is -2.08. The zero-order chi connectivity index (χ0) is 21.0. The number of nitrogens with zero attached hydrogens (tertiary/aromatic N) is 4. The van der Waals surface area contributed by atoms with E-state index in [-0.39, 0.29) is 23.0 Å². The quantitative estimate of drug-likeness (QED) is 0.354. The number of nitro groups is 1. The number of amides is 1. The molecule has 0 fully saturated rings. The van der Waals surface area contributed by atoms with Crippen LogP contribution in [-0.4, -0.2) is 31.3 Å². The Balaban J connectivity index is 1.66. The summed E-state index contributed by atoms with van der Waals surface area (Å²) < 4.78 is 1.83. The summed E-state index contributed by atoms with van der Waals surface area (Å²) in [6, 6.07) is 14.2. The highest BCUT2D eigenvalue weighted by Gasteiger charge is 2.17. The topological polar surface area (TPSA) is 103 Å². The number of hydrogen-bond donors (Lipinski definition) is 1. The molecule has 0 aliphatic carbocycles. The molecule has 0 spiro atoms. The first-order chi connectivity index (χ1) is 13.9. The number of thioether (sulfide) groups is 1. The minimum absolute atomic E-state index is 0.0598. The molecule has 0 radical (unpaired) electrons. The molecule has 0 atom stereocenters. The zero-order valence-electron chi connectivity index (χ0n) is 16.3. The van der Waals surface area contributed by atoms with E-state index in [1.807, 2.05) is 23.7 Å². The molecule has 0 aliphatic rings. The Labute approximate surface area is 172 Å². The summed E-state index contributed by atoms with van der Waals surface area (Å²) in [6.07, 6.45) is 0. The van der Waals surface area contributed by atoms with Crippen molar-refractivity contribution < 1.29 is 9.72 Å². The number of nitrogens with one attached hydrogen (secondary N) is 1. The van der Waals surface area contributed by atoms with Gasteiger partial charge >= 0.3 is 0 Å². The third-order valence-corrected chi connectivity index (χ3v) is 5.40. The van der Waals surface area contributed by atoms with E-state index in [4.69, 9.17) is 0 Å². The van der Waals surface area contributed by atoms with E-state index in [0.29, 0.717) is 16.9 Å². The van der Waals surface area contributed by atoms with Gasteiger partial charge in [-0.3, -0.25) is 14.9 Å². The van der Waals surface area contributed by atoms with Crippen LogP contribution in [0, 0.1) is 10.1 Å². The fourth-order valence-electron chi connectivity index (χ4n) is 2.76. The molecule has 150 valence electrons. The van der Waals surface area contributed by atoms with E-state index in [2.05, 4.69) is 41.5 Å². The Morgan fingerprint density at radius 1 is 1.17 bits per heavy atom. The molecule has 9 heteroatoms. The number of hydrogen-bond acceptors (Lipinski definition) is 6. The normalized spacial score (nSPS) is 10.9. The molecule has 29 heavy (non-hydrogen) atoms. The molecule has 8 nitrogen and oxygen atoms in total. The van der Waals surface area contributed by atoms with Gasteiger partial charge in [-0.15, -0.1) is 10.2 Å². The average molecular weight is 411 g/mol. The van der Waals surface area contributed by atoms with E-state index in [9.17, 15) is 14.9 Å². The van der Waals surface area contributed by atoms with E-state index < -0.39 is 4.92 Å². The number of carbonyl (C=O) groups excluding carboxylic acids is 1. The summed E-state index contributed by atoms with van der Waals surface area (Å²) in [5, 5.41) is 22.6. The first kappa shape index (κ1) is 20.5. The highest BCUT2D eigenvalue weighted by Crippen LogP contribution is 2.26. The van der Waals surface area contributed by atoms with Crippen LogP contribution in [0.1, 0.15) is 25.3 Å². The number of rotatable bonds is 7. The molecule has 0 aliphatic heterocycles. The van der Waals surface area contributed by atoms with Gasteiger partial charge in [0, 0.05) is 18.7 Å². The number of carbonyl (C=O) groups is 1. The third-order valence-electron chi connectivity index (χ3n) is 4.38. The second kappa shape index (κ2) is 8.87. The predicted octanol–water partition coefficient (Wildman–Crippen LogP) is 4.24. The maximum absolute atomic E-state index is 12.2. The Morgan fingerprint density at radius 3 is 2.52 bits per heavy atom. The Hall–Kier alpha value is -3.20. The van der Waals surface area contributed by atoms with Gasteiger partial charge in [-0.25, -0.2) is 0 Å². The number of nitro benzene ring substituents is 1. The lowest BCUT2D eigenvalue weighted by atomic mass is 10.0. The number of benzene rings is 2. The van der Waals surface area contributed by atoms with Gasteiger partial charge in [-0.05, 0) is 17.5 Å². The van der Waals surface area contributed by atoms with Gasteiger partial charge in [-0.2, -0.15) is 0 Å². The lowest BCUT2D eigenvalue weighted by molar-refractivity contribution is -0.383. The number of anilines is 1. The Kier molecular flexibility index (Phi) is 6.28. The van der Waals surface area contributed by atoms with Gasteiger partial charge in [0.2, 0.25) is 5.91 Å². The molecule has 3 rings (SSSR count). The summed E-state index contributed by atoms with van der Waals surface area (Å²) >= 11 is 1.22. The van der Waals surface area contributed by atoms with E-state index in [0.717, 1.165) is 5.56 Å².